The van der Waals surface area contributed by atoms with Crippen LogP contribution in [0.5, 0.6) is 0 Å². The molecule has 9 heteroatoms. The Morgan fingerprint density at radius 1 is 1.03 bits per heavy atom. The van der Waals surface area contributed by atoms with Crippen molar-refractivity contribution in [3.8, 4) is 0 Å². The van der Waals surface area contributed by atoms with Crippen molar-refractivity contribution in [2.75, 3.05) is 33.2 Å². The fraction of sp³-hybridized carbons (Fsp3) is 0.318. The second-order valence-electron chi connectivity index (χ2n) is 7.14. The normalized spacial score (nSPS) is 14.1. The number of halogens is 2. The number of nitrogens with zero attached hydrogens (tertiary/aromatic N) is 3. The van der Waals surface area contributed by atoms with Crippen LogP contribution in [0.3, 0.4) is 0 Å². The highest BCUT2D eigenvalue weighted by Gasteiger charge is 2.23. The van der Waals surface area contributed by atoms with E-state index in [4.69, 9.17) is 17.3 Å². The van der Waals surface area contributed by atoms with Gasteiger partial charge in [-0.3, -0.25) is 14.6 Å². The van der Waals surface area contributed by atoms with Gasteiger partial charge in [0, 0.05) is 50.4 Å². The molecule has 1 saturated heterocycles. The number of amides is 2. The first kappa shape index (κ1) is 24.9. The molecule has 3 N–H and O–H groups in total. The molecular weight excluding hydrogens is 529 g/mol. The van der Waals surface area contributed by atoms with E-state index in [1.807, 2.05) is 35.2 Å². The summed E-state index contributed by atoms with van der Waals surface area (Å²) in [5.74, 6) is 0.421. The molecule has 31 heavy (non-hydrogen) atoms. The molecule has 0 saturated carbocycles. The zero-order valence-corrected chi connectivity index (χ0v) is 20.5. The molecule has 1 aliphatic rings. The van der Waals surface area contributed by atoms with Crippen molar-refractivity contribution >= 4 is 53.4 Å². The number of hydrogen-bond acceptors (Lipinski definition) is 3. The van der Waals surface area contributed by atoms with Crippen molar-refractivity contribution in [3.63, 3.8) is 0 Å². The topological polar surface area (TPSA) is 91.0 Å². The van der Waals surface area contributed by atoms with Crippen molar-refractivity contribution in [1.82, 2.24) is 15.1 Å². The summed E-state index contributed by atoms with van der Waals surface area (Å²) in [5.41, 5.74) is 7.70. The smallest absolute Gasteiger partial charge is 0.248 e. The maximum atomic E-state index is 12.6. The number of aliphatic imine (C=N–C) groups is 1. The fourth-order valence-electron chi connectivity index (χ4n) is 3.45. The number of carbonyl (C=O) groups is 2. The largest absolute Gasteiger partial charge is 0.366 e. The minimum absolute atomic E-state index is 0. The van der Waals surface area contributed by atoms with Gasteiger partial charge >= 0.3 is 0 Å². The maximum absolute atomic E-state index is 12.6. The predicted molar refractivity (Wildman–Crippen MR) is 134 cm³/mol. The number of benzene rings is 2. The summed E-state index contributed by atoms with van der Waals surface area (Å²) in [6, 6.07) is 14.6. The summed E-state index contributed by atoms with van der Waals surface area (Å²) >= 11 is 6.01. The van der Waals surface area contributed by atoms with Gasteiger partial charge in [-0.15, -0.1) is 24.0 Å². The zero-order valence-electron chi connectivity index (χ0n) is 17.4. The Balaban J connectivity index is 0.00000341. The Bertz CT molecular complexity index is 945. The fourth-order valence-corrected chi connectivity index (χ4v) is 3.66. The molecule has 1 heterocycles. The van der Waals surface area contributed by atoms with Gasteiger partial charge in [-0.1, -0.05) is 35.9 Å². The molecule has 2 aromatic rings. The van der Waals surface area contributed by atoms with Crippen LogP contribution < -0.4 is 11.1 Å². The molecule has 0 spiro atoms. The van der Waals surface area contributed by atoms with E-state index in [0.717, 1.165) is 17.1 Å². The van der Waals surface area contributed by atoms with Crippen LogP contribution in [0.15, 0.2) is 53.5 Å². The van der Waals surface area contributed by atoms with Crippen LogP contribution in [0.25, 0.3) is 0 Å². The molecule has 1 aliphatic heterocycles. The van der Waals surface area contributed by atoms with E-state index >= 15 is 0 Å². The summed E-state index contributed by atoms with van der Waals surface area (Å²) < 4.78 is 0. The van der Waals surface area contributed by atoms with Gasteiger partial charge in [-0.2, -0.15) is 0 Å². The third-order valence-electron chi connectivity index (χ3n) is 5.05. The molecule has 7 nitrogen and oxygen atoms in total. The Morgan fingerprint density at radius 2 is 1.68 bits per heavy atom. The predicted octanol–water partition coefficient (Wildman–Crippen LogP) is 2.52. The Morgan fingerprint density at radius 3 is 2.32 bits per heavy atom. The van der Waals surface area contributed by atoms with Crippen molar-refractivity contribution in [1.29, 1.82) is 0 Å². The van der Waals surface area contributed by atoms with E-state index in [1.54, 1.807) is 25.2 Å². The van der Waals surface area contributed by atoms with Crippen molar-refractivity contribution in [2.45, 2.75) is 13.0 Å². The van der Waals surface area contributed by atoms with Crippen LogP contribution in [0, 0.1) is 0 Å². The molecule has 166 valence electrons. The molecule has 0 aromatic heterocycles. The second kappa shape index (κ2) is 11.9. The summed E-state index contributed by atoms with van der Waals surface area (Å²) in [4.78, 5) is 32.3. The van der Waals surface area contributed by atoms with E-state index in [1.165, 1.54) is 0 Å². The van der Waals surface area contributed by atoms with Crippen LogP contribution in [0.1, 0.15) is 21.5 Å². The van der Waals surface area contributed by atoms with E-state index < -0.39 is 5.91 Å². The number of piperazine rings is 1. The lowest BCUT2D eigenvalue weighted by Crippen LogP contribution is -2.53. The Hall–Kier alpha value is -2.33. The number of primary amides is 1. The van der Waals surface area contributed by atoms with Crippen LogP contribution in [-0.2, 0) is 17.8 Å². The van der Waals surface area contributed by atoms with Crippen LogP contribution in [-0.4, -0.2) is 60.8 Å². The summed E-state index contributed by atoms with van der Waals surface area (Å²) in [5, 5.41) is 3.96. The number of rotatable bonds is 5. The van der Waals surface area contributed by atoms with Gasteiger partial charge in [0.05, 0.1) is 6.42 Å². The number of guanidine groups is 1. The van der Waals surface area contributed by atoms with E-state index in [-0.39, 0.29) is 29.9 Å². The zero-order chi connectivity index (χ0) is 21.5. The van der Waals surface area contributed by atoms with Crippen LogP contribution in [0.4, 0.5) is 0 Å². The summed E-state index contributed by atoms with van der Waals surface area (Å²) in [6.07, 6.45) is 0.351. The van der Waals surface area contributed by atoms with Crippen LogP contribution >= 0.6 is 35.6 Å². The second-order valence-corrected chi connectivity index (χ2v) is 7.58. The van der Waals surface area contributed by atoms with Crippen molar-refractivity contribution < 1.29 is 9.59 Å². The first-order valence-electron chi connectivity index (χ1n) is 9.83. The molecule has 0 unspecified atom stereocenters. The van der Waals surface area contributed by atoms with E-state index in [9.17, 15) is 9.59 Å². The lowest BCUT2D eigenvalue weighted by atomic mass is 10.1. The number of nitrogens with two attached hydrogens (primary N) is 1. The standard InChI is InChI=1S/C22H26ClN5O2.HI/c1-25-22(26-15-17-5-2-6-18(12-17)21(24)30)28-10-8-27(9-11-28)20(29)14-16-4-3-7-19(23)13-16;/h2-7,12-13H,8-11,14-15H2,1H3,(H2,24,30)(H,25,26);1H. The highest BCUT2D eigenvalue weighted by molar-refractivity contribution is 14.0. The number of hydrogen-bond donors (Lipinski definition) is 2. The van der Waals surface area contributed by atoms with Crippen molar-refractivity contribution in [2.24, 2.45) is 10.7 Å². The quantitative estimate of drug-likeness (QED) is 0.337. The highest BCUT2D eigenvalue weighted by Crippen LogP contribution is 2.13. The minimum atomic E-state index is -0.445. The monoisotopic (exact) mass is 555 g/mol. The molecule has 0 atom stereocenters. The third-order valence-corrected chi connectivity index (χ3v) is 5.29. The Kier molecular flexibility index (Phi) is 9.57. The minimum Gasteiger partial charge on any atom is -0.366 e. The molecule has 0 bridgehead atoms. The van der Waals surface area contributed by atoms with Gasteiger partial charge in [-0.25, -0.2) is 0 Å². The molecule has 2 amide bonds. The Labute approximate surface area is 204 Å². The molecule has 3 rings (SSSR count). The van der Waals surface area contributed by atoms with Gasteiger partial charge in [0.1, 0.15) is 0 Å². The van der Waals surface area contributed by atoms with Crippen molar-refractivity contribution in [3.05, 3.63) is 70.2 Å². The first-order chi connectivity index (χ1) is 14.5. The SMILES string of the molecule is CN=C(NCc1cccc(C(N)=O)c1)N1CCN(C(=O)Cc2cccc(Cl)c2)CC1.I. The van der Waals surface area contributed by atoms with E-state index in [0.29, 0.717) is 49.7 Å². The highest BCUT2D eigenvalue weighted by atomic mass is 127. The summed E-state index contributed by atoms with van der Waals surface area (Å²) in [7, 11) is 1.73. The first-order valence-corrected chi connectivity index (χ1v) is 10.2. The third kappa shape index (κ3) is 7.10. The molecule has 0 aliphatic carbocycles. The molecule has 2 aromatic carbocycles. The lowest BCUT2D eigenvalue weighted by molar-refractivity contribution is -0.131. The average molecular weight is 556 g/mol. The van der Waals surface area contributed by atoms with E-state index in [2.05, 4.69) is 15.2 Å². The maximum Gasteiger partial charge on any atom is 0.248 e. The van der Waals surface area contributed by atoms with Gasteiger partial charge < -0.3 is 20.9 Å². The summed E-state index contributed by atoms with van der Waals surface area (Å²) in [6.45, 7) is 3.20. The van der Waals surface area contributed by atoms with Gasteiger partial charge in [0.25, 0.3) is 0 Å². The van der Waals surface area contributed by atoms with Gasteiger partial charge in [-0.05, 0) is 35.4 Å². The molecule has 0 radical (unpaired) electrons. The number of nitrogens with one attached hydrogen (secondary N) is 1. The molecule has 1 fully saturated rings. The lowest BCUT2D eigenvalue weighted by Gasteiger charge is -2.36. The average Bonchev–Trinajstić information content (AvgIpc) is 2.75. The van der Waals surface area contributed by atoms with Crippen LogP contribution in [0.2, 0.25) is 5.02 Å². The number of carbonyl (C=O) groups excluding carboxylic acids is 2. The van der Waals surface area contributed by atoms with Gasteiger partial charge in [0.2, 0.25) is 11.8 Å². The van der Waals surface area contributed by atoms with Gasteiger partial charge in [0.15, 0.2) is 5.96 Å². The molecular formula is C22H27ClIN5O2.